The number of amides is 2. The molecule has 0 spiro atoms. The first-order valence-electron chi connectivity index (χ1n) is 7.54. The summed E-state index contributed by atoms with van der Waals surface area (Å²) >= 11 is 0. The van der Waals surface area contributed by atoms with Crippen LogP contribution in [0.2, 0.25) is 0 Å². The molecule has 2 atom stereocenters. The summed E-state index contributed by atoms with van der Waals surface area (Å²) in [6.45, 7) is 2.51. The van der Waals surface area contributed by atoms with Gasteiger partial charge in [-0.05, 0) is 12.5 Å². The van der Waals surface area contributed by atoms with Gasteiger partial charge in [0.15, 0.2) is 0 Å². The largest absolute Gasteiger partial charge is 0.350 e. The summed E-state index contributed by atoms with van der Waals surface area (Å²) < 4.78 is 12.4. The average molecular weight is 307 g/mol. The van der Waals surface area contributed by atoms with Gasteiger partial charge in [-0.1, -0.05) is 30.3 Å². The lowest BCUT2D eigenvalue weighted by atomic mass is 10.1. The summed E-state index contributed by atoms with van der Waals surface area (Å²) in [6.07, 6.45) is 0.0682. The van der Waals surface area contributed by atoms with Crippen molar-refractivity contribution >= 4 is 11.8 Å². The molecule has 1 heterocycles. The van der Waals surface area contributed by atoms with Gasteiger partial charge in [0.25, 0.3) is 0 Å². The second-order valence-electron chi connectivity index (χ2n) is 5.42. The molecule has 0 aliphatic carbocycles. The molecule has 0 radical (unpaired) electrons. The number of alkyl halides is 1. The van der Waals surface area contributed by atoms with Gasteiger partial charge in [-0.25, -0.2) is 4.39 Å². The van der Waals surface area contributed by atoms with Crippen LogP contribution in [0.3, 0.4) is 0 Å². The van der Waals surface area contributed by atoms with Crippen LogP contribution < -0.4 is 10.6 Å². The number of carbonyl (C=O) groups excluding carboxylic acids is 2. The van der Waals surface area contributed by atoms with Crippen molar-refractivity contribution in [3.8, 4) is 0 Å². The predicted molar refractivity (Wildman–Crippen MR) is 82.0 cm³/mol. The number of halogens is 1. The van der Waals surface area contributed by atoms with E-state index in [2.05, 4.69) is 10.6 Å². The Morgan fingerprint density at radius 2 is 2.18 bits per heavy atom. The summed E-state index contributed by atoms with van der Waals surface area (Å²) in [5.74, 6) is -0.393. The molecule has 0 aromatic heterocycles. The van der Waals surface area contributed by atoms with E-state index in [1.807, 2.05) is 37.3 Å². The van der Waals surface area contributed by atoms with Crippen molar-refractivity contribution in [3.63, 3.8) is 0 Å². The third-order valence-corrected chi connectivity index (χ3v) is 3.80. The first-order valence-corrected chi connectivity index (χ1v) is 7.54. The maximum absolute atomic E-state index is 12.4. The molecule has 1 saturated heterocycles. The standard InChI is InChI=1S/C16H22FN3O2/c1-12(13-5-3-2-4-6-13)19-15(21)11-14-16(22)20(9-7-17)10-8-18-14/h2-6,12,14,18H,7-11H2,1H3,(H,19,21). The Morgan fingerprint density at radius 1 is 1.45 bits per heavy atom. The third-order valence-electron chi connectivity index (χ3n) is 3.80. The highest BCUT2D eigenvalue weighted by Gasteiger charge is 2.30. The summed E-state index contributed by atoms with van der Waals surface area (Å²) in [5.41, 5.74) is 1.01. The second-order valence-corrected chi connectivity index (χ2v) is 5.42. The zero-order valence-electron chi connectivity index (χ0n) is 12.7. The van der Waals surface area contributed by atoms with Crippen LogP contribution in [-0.2, 0) is 9.59 Å². The number of nitrogens with one attached hydrogen (secondary N) is 2. The van der Waals surface area contributed by atoms with Crippen LogP contribution in [0, 0.1) is 0 Å². The molecule has 1 aromatic rings. The quantitative estimate of drug-likeness (QED) is 0.825. The molecular formula is C16H22FN3O2. The minimum atomic E-state index is -0.566. The molecule has 0 bridgehead atoms. The van der Waals surface area contributed by atoms with E-state index < -0.39 is 12.7 Å². The van der Waals surface area contributed by atoms with E-state index in [1.165, 1.54) is 4.90 Å². The van der Waals surface area contributed by atoms with Gasteiger partial charge in [0.2, 0.25) is 11.8 Å². The van der Waals surface area contributed by atoms with E-state index in [4.69, 9.17) is 0 Å². The minimum absolute atomic E-state index is 0.0682. The molecule has 120 valence electrons. The van der Waals surface area contributed by atoms with Gasteiger partial charge in [0.1, 0.15) is 6.67 Å². The molecule has 2 N–H and O–H groups in total. The lowest BCUT2D eigenvalue weighted by Gasteiger charge is -2.32. The van der Waals surface area contributed by atoms with Crippen LogP contribution in [0.25, 0.3) is 0 Å². The summed E-state index contributed by atoms with van der Waals surface area (Å²) in [7, 11) is 0. The molecule has 6 heteroatoms. The molecule has 22 heavy (non-hydrogen) atoms. The number of hydrogen-bond acceptors (Lipinski definition) is 3. The van der Waals surface area contributed by atoms with Gasteiger partial charge in [-0.15, -0.1) is 0 Å². The van der Waals surface area contributed by atoms with E-state index in [9.17, 15) is 14.0 Å². The average Bonchev–Trinajstić information content (AvgIpc) is 2.52. The highest BCUT2D eigenvalue weighted by molar-refractivity contribution is 5.89. The molecule has 0 saturated carbocycles. The number of rotatable bonds is 6. The van der Waals surface area contributed by atoms with Crippen molar-refractivity contribution in [3.05, 3.63) is 35.9 Å². The second kappa shape index (κ2) is 7.89. The van der Waals surface area contributed by atoms with Gasteiger partial charge in [0, 0.05) is 19.6 Å². The first kappa shape index (κ1) is 16.4. The Hall–Kier alpha value is -1.95. The number of benzene rings is 1. The molecule has 1 aliphatic heterocycles. The monoisotopic (exact) mass is 307 g/mol. The number of hydrogen-bond donors (Lipinski definition) is 2. The van der Waals surface area contributed by atoms with E-state index in [0.717, 1.165) is 5.56 Å². The molecular weight excluding hydrogens is 285 g/mol. The molecule has 2 unspecified atom stereocenters. The van der Waals surface area contributed by atoms with Gasteiger partial charge in [0.05, 0.1) is 18.5 Å². The predicted octanol–water partition coefficient (Wildman–Crippen LogP) is 1.02. The Morgan fingerprint density at radius 3 is 2.86 bits per heavy atom. The van der Waals surface area contributed by atoms with Crippen molar-refractivity contribution in [1.82, 2.24) is 15.5 Å². The fraction of sp³-hybridized carbons (Fsp3) is 0.500. The molecule has 2 rings (SSSR count). The Kier molecular flexibility index (Phi) is 5.89. The van der Waals surface area contributed by atoms with E-state index in [1.54, 1.807) is 0 Å². The molecule has 1 aromatic carbocycles. The van der Waals surface area contributed by atoms with Crippen molar-refractivity contribution in [2.75, 3.05) is 26.3 Å². The van der Waals surface area contributed by atoms with Crippen LogP contribution in [-0.4, -0.2) is 49.1 Å². The SMILES string of the molecule is CC(NC(=O)CC1NCCN(CCF)C1=O)c1ccccc1. The van der Waals surface area contributed by atoms with Crippen molar-refractivity contribution < 1.29 is 14.0 Å². The molecule has 1 fully saturated rings. The summed E-state index contributed by atoms with van der Waals surface area (Å²) in [4.78, 5) is 25.7. The van der Waals surface area contributed by atoms with Crippen LogP contribution in [0.4, 0.5) is 4.39 Å². The fourth-order valence-corrected chi connectivity index (χ4v) is 2.59. The van der Waals surface area contributed by atoms with Crippen molar-refractivity contribution in [2.24, 2.45) is 0 Å². The summed E-state index contributed by atoms with van der Waals surface area (Å²) in [5, 5.41) is 5.91. The van der Waals surface area contributed by atoms with Crippen LogP contribution in [0.15, 0.2) is 30.3 Å². The topological polar surface area (TPSA) is 61.4 Å². The third kappa shape index (κ3) is 4.27. The van der Waals surface area contributed by atoms with Crippen LogP contribution >= 0.6 is 0 Å². The number of piperazine rings is 1. The van der Waals surface area contributed by atoms with Crippen LogP contribution in [0.5, 0.6) is 0 Å². The van der Waals surface area contributed by atoms with Gasteiger partial charge in [-0.2, -0.15) is 0 Å². The zero-order chi connectivity index (χ0) is 15.9. The van der Waals surface area contributed by atoms with E-state index >= 15 is 0 Å². The molecule has 5 nitrogen and oxygen atoms in total. The van der Waals surface area contributed by atoms with Crippen molar-refractivity contribution in [1.29, 1.82) is 0 Å². The first-order chi connectivity index (χ1) is 10.6. The highest BCUT2D eigenvalue weighted by Crippen LogP contribution is 2.12. The minimum Gasteiger partial charge on any atom is -0.350 e. The Balaban J connectivity index is 1.87. The number of carbonyl (C=O) groups is 2. The van der Waals surface area contributed by atoms with Crippen LogP contribution in [0.1, 0.15) is 24.9 Å². The van der Waals surface area contributed by atoms with Gasteiger partial charge < -0.3 is 15.5 Å². The highest BCUT2D eigenvalue weighted by atomic mass is 19.1. The van der Waals surface area contributed by atoms with Gasteiger partial charge in [-0.3, -0.25) is 9.59 Å². The van der Waals surface area contributed by atoms with Crippen molar-refractivity contribution in [2.45, 2.75) is 25.4 Å². The fourth-order valence-electron chi connectivity index (χ4n) is 2.59. The Labute approximate surface area is 129 Å². The zero-order valence-corrected chi connectivity index (χ0v) is 12.7. The molecule has 2 amide bonds. The number of nitrogens with zero attached hydrogens (tertiary/aromatic N) is 1. The Bertz CT molecular complexity index is 507. The van der Waals surface area contributed by atoms with Gasteiger partial charge >= 0.3 is 0 Å². The smallest absolute Gasteiger partial charge is 0.240 e. The maximum atomic E-state index is 12.4. The lowest BCUT2D eigenvalue weighted by molar-refractivity contribution is -0.138. The summed E-state index contributed by atoms with van der Waals surface area (Å²) in [6, 6.07) is 8.95. The molecule has 1 aliphatic rings. The maximum Gasteiger partial charge on any atom is 0.240 e. The van der Waals surface area contributed by atoms with E-state index in [-0.39, 0.29) is 30.8 Å². The lowest BCUT2D eigenvalue weighted by Crippen LogP contribution is -2.56. The van der Waals surface area contributed by atoms with E-state index in [0.29, 0.717) is 13.1 Å². The normalized spacial score (nSPS) is 19.8.